The zero-order chi connectivity index (χ0) is 31.1. The lowest BCUT2D eigenvalue weighted by molar-refractivity contribution is -0.133. The number of aromatic nitrogens is 2. The Morgan fingerprint density at radius 3 is 2.47 bits per heavy atom. The number of nitrogens with one attached hydrogen (secondary N) is 1. The number of hydrogen-bond acceptors (Lipinski definition) is 7. The lowest BCUT2D eigenvalue weighted by Crippen LogP contribution is -2.56. The first-order valence-corrected chi connectivity index (χ1v) is 13.2. The van der Waals surface area contributed by atoms with Crippen molar-refractivity contribution in [1.29, 1.82) is 5.26 Å². The van der Waals surface area contributed by atoms with Crippen LogP contribution in [0.3, 0.4) is 0 Å². The topological polar surface area (TPSA) is 140 Å². The molecule has 2 unspecified atom stereocenters. The van der Waals surface area contributed by atoms with Gasteiger partial charge in [-0.1, -0.05) is 29.8 Å². The number of anilines is 2. The summed E-state index contributed by atoms with van der Waals surface area (Å²) in [5.41, 5.74) is -0.660. The number of nitrogens with zero attached hydrogens (tertiary/aromatic N) is 5. The van der Waals surface area contributed by atoms with E-state index in [1.165, 1.54) is 30.3 Å². The van der Waals surface area contributed by atoms with Crippen molar-refractivity contribution < 1.29 is 37.1 Å². The summed E-state index contributed by atoms with van der Waals surface area (Å²) in [6.07, 6.45) is -2.47. The number of hydrogen-bond donors (Lipinski definition) is 2. The number of aliphatic hydroxyl groups excluding tert-OH is 1. The van der Waals surface area contributed by atoms with Gasteiger partial charge >= 0.3 is 0 Å². The van der Waals surface area contributed by atoms with Crippen LogP contribution in [0.15, 0.2) is 54.7 Å². The molecular formula is C28H21ClF4N6O4. The summed E-state index contributed by atoms with van der Waals surface area (Å²) in [5, 5.41) is 22.1. The van der Waals surface area contributed by atoms with Crippen LogP contribution in [0.5, 0.6) is 0 Å². The number of aliphatic hydroxyl groups is 1. The van der Waals surface area contributed by atoms with E-state index in [0.29, 0.717) is 11.0 Å². The maximum Gasteiger partial charge on any atom is 0.259 e. The molecule has 0 radical (unpaired) electrons. The van der Waals surface area contributed by atoms with E-state index >= 15 is 0 Å². The number of halogens is 5. The van der Waals surface area contributed by atoms with Gasteiger partial charge in [0.25, 0.3) is 17.7 Å². The number of amides is 3. The van der Waals surface area contributed by atoms with Crippen LogP contribution in [0, 0.1) is 23.0 Å². The van der Waals surface area contributed by atoms with Crippen LogP contribution in [-0.4, -0.2) is 56.9 Å². The minimum atomic E-state index is -3.00. The highest BCUT2D eigenvalue weighted by Gasteiger charge is 2.50. The largest absolute Gasteiger partial charge is 0.383 e. The van der Waals surface area contributed by atoms with E-state index in [4.69, 9.17) is 11.6 Å². The van der Waals surface area contributed by atoms with Gasteiger partial charge in [0.15, 0.2) is 0 Å². The summed E-state index contributed by atoms with van der Waals surface area (Å²) in [6, 6.07) is 6.43. The maximum atomic E-state index is 14.5. The maximum absolute atomic E-state index is 14.5. The van der Waals surface area contributed by atoms with Crippen molar-refractivity contribution in [2.24, 2.45) is 0 Å². The van der Waals surface area contributed by atoms with Crippen molar-refractivity contribution in [2.45, 2.75) is 49.4 Å². The smallest absolute Gasteiger partial charge is 0.259 e. The summed E-state index contributed by atoms with van der Waals surface area (Å²) in [5.74, 6) is -8.76. The number of alkyl halides is 2. The van der Waals surface area contributed by atoms with Gasteiger partial charge in [0.2, 0.25) is 11.9 Å². The zero-order valence-corrected chi connectivity index (χ0v) is 22.7. The van der Waals surface area contributed by atoms with Gasteiger partial charge in [-0.05, 0) is 24.3 Å². The van der Waals surface area contributed by atoms with E-state index in [9.17, 15) is 42.3 Å². The fourth-order valence-electron chi connectivity index (χ4n) is 5.09. The third kappa shape index (κ3) is 5.99. The van der Waals surface area contributed by atoms with E-state index in [1.54, 1.807) is 6.07 Å². The van der Waals surface area contributed by atoms with Crippen molar-refractivity contribution in [3.8, 4) is 6.07 Å². The van der Waals surface area contributed by atoms with Gasteiger partial charge in [-0.25, -0.2) is 27.5 Å². The highest BCUT2D eigenvalue weighted by Crippen LogP contribution is 2.40. The molecule has 2 heterocycles. The molecule has 3 aromatic rings. The van der Waals surface area contributed by atoms with Gasteiger partial charge in [0.1, 0.15) is 41.6 Å². The molecule has 1 aliphatic heterocycles. The normalized spacial score (nSPS) is 20.2. The van der Waals surface area contributed by atoms with E-state index in [0.717, 1.165) is 23.2 Å². The van der Waals surface area contributed by atoms with E-state index < -0.39 is 90.4 Å². The van der Waals surface area contributed by atoms with Crippen LogP contribution in [0.4, 0.5) is 29.2 Å². The molecule has 10 nitrogen and oxygen atoms in total. The number of benzene rings is 2. The molecule has 1 saturated heterocycles. The van der Waals surface area contributed by atoms with Gasteiger partial charge in [0, 0.05) is 48.2 Å². The fraction of sp³-hybridized carbons (Fsp3) is 0.286. The molecule has 1 aliphatic carbocycles. The molecule has 1 saturated carbocycles. The molecule has 0 bridgehead atoms. The second kappa shape index (κ2) is 11.6. The Morgan fingerprint density at radius 2 is 1.84 bits per heavy atom. The van der Waals surface area contributed by atoms with Crippen molar-refractivity contribution in [3.63, 3.8) is 0 Å². The van der Waals surface area contributed by atoms with Gasteiger partial charge in [-0.3, -0.25) is 24.2 Å². The number of rotatable bonds is 7. The molecule has 1 aromatic heterocycles. The molecule has 2 aliphatic rings. The molecular weight excluding hydrogens is 596 g/mol. The van der Waals surface area contributed by atoms with Gasteiger partial charge in [-0.2, -0.15) is 5.26 Å². The van der Waals surface area contributed by atoms with Gasteiger partial charge in [-0.15, -0.1) is 0 Å². The molecule has 15 heteroatoms. The number of carbonyl (C=O) groups is 3. The Balaban J connectivity index is 1.65. The van der Waals surface area contributed by atoms with Crippen LogP contribution in [0.2, 0.25) is 5.02 Å². The second-order valence-electron chi connectivity index (χ2n) is 10.1. The first-order valence-electron chi connectivity index (χ1n) is 12.8. The molecule has 2 N–H and O–H groups in total. The molecule has 2 fully saturated rings. The Morgan fingerprint density at radius 1 is 1.16 bits per heavy atom. The SMILES string of the molecule is N#Cc1ccnc(N2C(=O)C(O)CC2C(=O)N(c2cc(F)cc(F)c2)[C@@H](C(=O)NC2CC(F)(F)C2)c2ccccc2Cl)n1. The van der Waals surface area contributed by atoms with Crippen molar-refractivity contribution >= 4 is 41.0 Å². The molecule has 3 amide bonds. The summed E-state index contributed by atoms with van der Waals surface area (Å²) < 4.78 is 56.3. The van der Waals surface area contributed by atoms with Crippen molar-refractivity contribution in [3.05, 3.63) is 82.6 Å². The lowest BCUT2D eigenvalue weighted by Gasteiger charge is -2.39. The van der Waals surface area contributed by atoms with Gasteiger partial charge < -0.3 is 10.4 Å². The van der Waals surface area contributed by atoms with E-state index in [-0.39, 0.29) is 16.3 Å². The summed E-state index contributed by atoms with van der Waals surface area (Å²) in [6.45, 7) is 0. The summed E-state index contributed by atoms with van der Waals surface area (Å²) in [7, 11) is 0. The summed E-state index contributed by atoms with van der Waals surface area (Å²) in [4.78, 5) is 50.5. The van der Waals surface area contributed by atoms with Crippen LogP contribution >= 0.6 is 11.6 Å². The molecule has 5 rings (SSSR count). The molecule has 0 spiro atoms. The van der Waals surface area contributed by atoms with Crippen LogP contribution in [0.25, 0.3) is 0 Å². The van der Waals surface area contributed by atoms with Crippen LogP contribution < -0.4 is 15.1 Å². The number of carbonyl (C=O) groups excluding carboxylic acids is 3. The zero-order valence-electron chi connectivity index (χ0n) is 21.9. The minimum Gasteiger partial charge on any atom is -0.383 e. The van der Waals surface area contributed by atoms with Crippen molar-refractivity contribution in [1.82, 2.24) is 15.3 Å². The Hall–Kier alpha value is -4.61. The molecule has 43 heavy (non-hydrogen) atoms. The standard InChI is InChI=1S/C28H21ClF4N6O4/c29-20-4-2-1-3-19(20)23(24(41)36-17-11-28(32,33)12-17)38(18-8-14(30)7-15(31)9-18)25(42)21-10-22(40)26(43)39(21)27-35-6-5-16(13-34)37-27/h1-9,17,21-23,40H,10-12H2,(H,36,41)/t21?,22?,23-/m1/s1. The minimum absolute atomic E-state index is 0.0232. The summed E-state index contributed by atoms with van der Waals surface area (Å²) >= 11 is 6.41. The predicted octanol–water partition coefficient (Wildman–Crippen LogP) is 3.43. The first kappa shape index (κ1) is 29.9. The molecule has 3 atom stereocenters. The highest BCUT2D eigenvalue weighted by atomic mass is 35.5. The van der Waals surface area contributed by atoms with Crippen LogP contribution in [-0.2, 0) is 14.4 Å². The van der Waals surface area contributed by atoms with E-state index in [1.807, 2.05) is 0 Å². The predicted molar refractivity (Wildman–Crippen MR) is 143 cm³/mol. The van der Waals surface area contributed by atoms with Crippen LogP contribution in [0.1, 0.15) is 36.6 Å². The Bertz CT molecular complexity index is 1630. The van der Waals surface area contributed by atoms with Gasteiger partial charge in [0.05, 0.1) is 5.69 Å². The average Bonchev–Trinajstić information content (AvgIpc) is 3.24. The molecule has 222 valence electrons. The first-order chi connectivity index (χ1) is 20.4. The quantitative estimate of drug-likeness (QED) is 0.388. The third-order valence-electron chi connectivity index (χ3n) is 7.04. The molecule has 2 aromatic carbocycles. The second-order valence-corrected chi connectivity index (χ2v) is 10.5. The number of nitriles is 1. The highest BCUT2D eigenvalue weighted by molar-refractivity contribution is 6.31. The van der Waals surface area contributed by atoms with E-state index in [2.05, 4.69) is 15.3 Å². The lowest BCUT2D eigenvalue weighted by atomic mass is 9.87. The fourth-order valence-corrected chi connectivity index (χ4v) is 5.33. The average molecular weight is 617 g/mol. The third-order valence-corrected chi connectivity index (χ3v) is 7.39. The van der Waals surface area contributed by atoms with Crippen molar-refractivity contribution in [2.75, 3.05) is 9.80 Å². The monoisotopic (exact) mass is 616 g/mol. The Kier molecular flexibility index (Phi) is 8.04. The Labute approximate surface area is 246 Å².